The van der Waals surface area contributed by atoms with Crippen LogP contribution >= 0.6 is 0 Å². The average molecular weight is 194 g/mol. The zero-order valence-corrected chi connectivity index (χ0v) is 8.43. The second kappa shape index (κ2) is 3.14. The first-order valence-corrected chi connectivity index (χ1v) is 4.23. The van der Waals surface area contributed by atoms with Gasteiger partial charge < -0.3 is 21.9 Å². The first kappa shape index (κ1) is 10.3. The molecule has 2 rings (SSSR count). The molecule has 2 aliphatic rings. The molecule has 0 bridgehead atoms. The largest absolute Gasteiger partial charge is 1.00 e. The van der Waals surface area contributed by atoms with Gasteiger partial charge in [-0.25, -0.2) is 0 Å². The number of halogens is 1. The molecule has 0 radical (unpaired) electrons. The predicted octanol–water partition coefficient (Wildman–Crippen LogP) is -2.79. The van der Waals surface area contributed by atoms with Gasteiger partial charge in [-0.2, -0.15) is 0 Å². The number of quaternary nitrogens is 1. The first-order valence-electron chi connectivity index (χ1n) is 4.23. The summed E-state index contributed by atoms with van der Waals surface area (Å²) < 4.78 is 11.8. The van der Waals surface area contributed by atoms with Crippen LogP contribution in [0.4, 0.5) is 0 Å². The summed E-state index contributed by atoms with van der Waals surface area (Å²) in [6, 6.07) is 0. The molecule has 0 amide bonds. The topological polar surface area (TPSA) is 21.8 Å². The Morgan fingerprint density at radius 3 is 2.17 bits per heavy atom. The van der Waals surface area contributed by atoms with Crippen LogP contribution in [0.1, 0.15) is 6.92 Å². The van der Waals surface area contributed by atoms with Gasteiger partial charge in [0.2, 0.25) is 5.72 Å². The zero-order chi connectivity index (χ0) is 7.95. The van der Waals surface area contributed by atoms with Gasteiger partial charge in [0, 0.05) is 6.92 Å². The van der Waals surface area contributed by atoms with Crippen molar-refractivity contribution in [1.82, 2.24) is 0 Å². The molecule has 4 heteroatoms. The summed E-state index contributed by atoms with van der Waals surface area (Å²) in [6.45, 7) is 7.07. The lowest BCUT2D eigenvalue weighted by Gasteiger charge is -2.40. The fourth-order valence-corrected chi connectivity index (χ4v) is 1.64. The van der Waals surface area contributed by atoms with Crippen molar-refractivity contribution in [2.45, 2.75) is 12.6 Å². The third kappa shape index (κ3) is 1.46. The summed E-state index contributed by atoms with van der Waals surface area (Å²) in [5, 5.41) is 0. The van der Waals surface area contributed by atoms with Gasteiger partial charge in [0.1, 0.15) is 19.7 Å². The Morgan fingerprint density at radius 2 is 1.75 bits per heavy atom. The maximum Gasteiger partial charge on any atom is 0.224 e. The van der Waals surface area contributed by atoms with Gasteiger partial charge in [0.25, 0.3) is 0 Å². The highest BCUT2D eigenvalue weighted by atomic mass is 35.5. The predicted molar refractivity (Wildman–Crippen MR) is 41.1 cm³/mol. The average Bonchev–Trinajstić information content (AvgIpc) is 2.71. The van der Waals surface area contributed by atoms with Crippen molar-refractivity contribution < 1.29 is 26.4 Å². The molecule has 1 unspecified atom stereocenters. The van der Waals surface area contributed by atoms with Crippen molar-refractivity contribution in [3.63, 3.8) is 0 Å². The monoisotopic (exact) mass is 193 g/mol. The van der Waals surface area contributed by atoms with Crippen molar-refractivity contribution in [2.75, 3.05) is 40.0 Å². The van der Waals surface area contributed by atoms with Crippen LogP contribution in [-0.4, -0.2) is 50.2 Å². The Balaban J connectivity index is 0.000000720. The van der Waals surface area contributed by atoms with E-state index < -0.39 is 0 Å². The van der Waals surface area contributed by atoms with E-state index in [1.165, 1.54) is 0 Å². The van der Waals surface area contributed by atoms with Crippen LogP contribution in [0.5, 0.6) is 0 Å². The molecule has 0 aromatic carbocycles. The van der Waals surface area contributed by atoms with E-state index in [1.54, 1.807) is 0 Å². The quantitative estimate of drug-likeness (QED) is 0.332. The number of epoxide rings is 1. The Hall–Kier alpha value is 0.170. The number of morpholine rings is 1. The lowest BCUT2D eigenvalue weighted by molar-refractivity contribution is -0.959. The van der Waals surface area contributed by atoms with E-state index in [9.17, 15) is 0 Å². The molecule has 72 valence electrons. The molecular weight excluding hydrogens is 178 g/mol. The Labute approximate surface area is 79.6 Å². The molecule has 0 aliphatic carbocycles. The number of nitrogens with zero attached hydrogens (tertiary/aromatic N) is 1. The van der Waals surface area contributed by atoms with Crippen LogP contribution in [0.15, 0.2) is 0 Å². The van der Waals surface area contributed by atoms with Crippen molar-refractivity contribution in [1.29, 1.82) is 0 Å². The summed E-state index contributed by atoms with van der Waals surface area (Å²) >= 11 is 0. The highest BCUT2D eigenvalue weighted by Gasteiger charge is 2.56. The second-order valence-electron chi connectivity index (χ2n) is 3.92. The van der Waals surface area contributed by atoms with Gasteiger partial charge in [-0.05, 0) is 0 Å². The fraction of sp³-hybridized carbons (Fsp3) is 1.00. The third-order valence-corrected chi connectivity index (χ3v) is 3.16. The van der Waals surface area contributed by atoms with Crippen molar-refractivity contribution >= 4 is 0 Å². The number of ether oxygens (including phenoxy) is 2. The fourth-order valence-electron chi connectivity index (χ4n) is 1.64. The standard InChI is InChI=1S/C8H16NO2.ClH/c1-8(7-11-8)9(2)3-5-10-6-4-9;/h3-7H2,1-2H3;1H/q+1;/p-1. The lowest BCUT2D eigenvalue weighted by Crippen LogP contribution is -3.00. The van der Waals surface area contributed by atoms with Crippen LogP contribution in [0.2, 0.25) is 0 Å². The van der Waals surface area contributed by atoms with Crippen molar-refractivity contribution in [3.05, 3.63) is 0 Å². The number of likely N-dealkylation sites (N-methyl/N-ethyl adjacent to an activating group) is 1. The molecule has 2 aliphatic heterocycles. The molecule has 0 saturated carbocycles. The minimum absolute atomic E-state index is 0. The summed E-state index contributed by atoms with van der Waals surface area (Å²) in [5.41, 5.74) is 0.115. The van der Waals surface area contributed by atoms with Crippen LogP contribution in [0.25, 0.3) is 0 Å². The maximum atomic E-state index is 5.46. The highest BCUT2D eigenvalue weighted by Crippen LogP contribution is 2.36. The summed E-state index contributed by atoms with van der Waals surface area (Å²) in [5.74, 6) is 0. The van der Waals surface area contributed by atoms with Gasteiger partial charge in [-0.1, -0.05) is 0 Å². The van der Waals surface area contributed by atoms with Crippen molar-refractivity contribution in [2.24, 2.45) is 0 Å². The Kier molecular flexibility index (Phi) is 2.69. The van der Waals surface area contributed by atoms with E-state index in [2.05, 4.69) is 14.0 Å². The number of hydrogen-bond donors (Lipinski definition) is 0. The van der Waals surface area contributed by atoms with E-state index in [4.69, 9.17) is 9.47 Å². The van der Waals surface area contributed by atoms with E-state index >= 15 is 0 Å². The molecule has 0 aromatic rings. The van der Waals surface area contributed by atoms with Gasteiger partial charge in [-0.15, -0.1) is 0 Å². The van der Waals surface area contributed by atoms with Crippen LogP contribution in [0.3, 0.4) is 0 Å². The molecule has 2 fully saturated rings. The van der Waals surface area contributed by atoms with Gasteiger partial charge in [0.15, 0.2) is 0 Å². The lowest BCUT2D eigenvalue weighted by atomic mass is 10.2. The summed E-state index contributed by atoms with van der Waals surface area (Å²) in [6.07, 6.45) is 0. The van der Waals surface area contributed by atoms with Crippen LogP contribution in [-0.2, 0) is 9.47 Å². The minimum Gasteiger partial charge on any atom is -1.00 e. The van der Waals surface area contributed by atoms with Crippen molar-refractivity contribution in [3.8, 4) is 0 Å². The van der Waals surface area contributed by atoms with Gasteiger partial charge >= 0.3 is 0 Å². The zero-order valence-electron chi connectivity index (χ0n) is 7.68. The molecule has 12 heavy (non-hydrogen) atoms. The van der Waals surface area contributed by atoms with E-state index in [0.29, 0.717) is 0 Å². The van der Waals surface area contributed by atoms with E-state index in [1.807, 2.05) is 0 Å². The van der Waals surface area contributed by atoms with Gasteiger partial charge in [0.05, 0.1) is 20.3 Å². The molecular formula is C8H16ClNO2. The van der Waals surface area contributed by atoms with Crippen LogP contribution < -0.4 is 12.4 Å². The molecule has 2 heterocycles. The summed E-state index contributed by atoms with van der Waals surface area (Å²) in [7, 11) is 2.26. The minimum atomic E-state index is 0. The molecule has 2 saturated heterocycles. The SMILES string of the molecule is CC1([N+]2(C)CCOCC2)CO1.[Cl-]. The van der Waals surface area contributed by atoms with E-state index in [0.717, 1.165) is 37.4 Å². The molecule has 0 aromatic heterocycles. The third-order valence-electron chi connectivity index (χ3n) is 3.16. The number of rotatable bonds is 1. The van der Waals surface area contributed by atoms with Crippen LogP contribution in [0, 0.1) is 0 Å². The Morgan fingerprint density at radius 1 is 1.25 bits per heavy atom. The first-order chi connectivity index (χ1) is 5.16. The number of hydrogen-bond acceptors (Lipinski definition) is 2. The van der Waals surface area contributed by atoms with Gasteiger partial charge in [-0.3, -0.25) is 4.48 Å². The normalized spacial score (nSPS) is 38.5. The maximum absolute atomic E-state index is 5.46. The molecule has 0 N–H and O–H groups in total. The molecule has 3 nitrogen and oxygen atoms in total. The molecule has 0 spiro atoms. The highest BCUT2D eigenvalue weighted by molar-refractivity contribution is 4.77. The second-order valence-corrected chi connectivity index (χ2v) is 3.92. The van der Waals surface area contributed by atoms with E-state index in [-0.39, 0.29) is 18.1 Å². The summed E-state index contributed by atoms with van der Waals surface area (Å²) in [4.78, 5) is 0. The Bertz CT molecular complexity index is 164. The molecule has 1 atom stereocenters. The smallest absolute Gasteiger partial charge is 0.224 e.